The minimum Gasteiger partial charge on any atom is -0.480 e. The van der Waals surface area contributed by atoms with Gasteiger partial charge in [0.1, 0.15) is 16.9 Å². The Morgan fingerprint density at radius 2 is 1.85 bits per heavy atom. The number of piperidine rings is 1. The molecule has 206 valence electrons. The largest absolute Gasteiger partial charge is 0.480 e. The predicted octanol–water partition coefficient (Wildman–Crippen LogP) is 6.49. The second kappa shape index (κ2) is 11.9. The second-order valence-electron chi connectivity index (χ2n) is 11.8. The van der Waals surface area contributed by atoms with Gasteiger partial charge in [0.05, 0.1) is 5.69 Å². The summed E-state index contributed by atoms with van der Waals surface area (Å²) in [5.41, 5.74) is 3.39. The lowest BCUT2D eigenvalue weighted by atomic mass is 9.80. The van der Waals surface area contributed by atoms with E-state index in [2.05, 4.69) is 39.4 Å². The number of hydrogen-bond donors (Lipinski definition) is 1. The normalized spacial score (nSPS) is 24.0. The van der Waals surface area contributed by atoms with Crippen LogP contribution in [0.4, 0.5) is 4.39 Å². The molecule has 1 aromatic heterocycles. The predicted molar refractivity (Wildman–Crippen MR) is 154 cm³/mol. The van der Waals surface area contributed by atoms with Crippen molar-refractivity contribution < 1.29 is 14.3 Å². The Hall–Kier alpha value is -2.61. The van der Waals surface area contributed by atoms with Crippen LogP contribution in [0.25, 0.3) is 10.6 Å². The third-order valence-corrected chi connectivity index (χ3v) is 10.2. The van der Waals surface area contributed by atoms with E-state index in [1.165, 1.54) is 23.7 Å². The average molecular weight is 548 g/mol. The first-order valence-corrected chi connectivity index (χ1v) is 15.4. The van der Waals surface area contributed by atoms with Crippen molar-refractivity contribution in [2.45, 2.75) is 56.4 Å². The van der Waals surface area contributed by atoms with Crippen LogP contribution in [0.15, 0.2) is 60.0 Å². The van der Waals surface area contributed by atoms with Crippen LogP contribution in [0.1, 0.15) is 61.6 Å². The first-order valence-electron chi connectivity index (χ1n) is 14.5. The SMILES string of the molecule is O=C(O)C(CC1CCC1)N1CC(CN2CCC(c3csc(-c4ccccc4)n3)CC2)C(c2cccc(F)c2)C1. The number of hydrogen-bond acceptors (Lipinski definition) is 5. The van der Waals surface area contributed by atoms with E-state index >= 15 is 0 Å². The molecule has 2 aliphatic heterocycles. The molecule has 2 saturated heterocycles. The molecule has 3 aromatic rings. The molecule has 1 aliphatic carbocycles. The molecule has 5 nitrogen and oxygen atoms in total. The molecule has 2 aromatic carbocycles. The van der Waals surface area contributed by atoms with Crippen molar-refractivity contribution in [3.8, 4) is 10.6 Å². The highest BCUT2D eigenvalue weighted by Crippen LogP contribution is 2.39. The van der Waals surface area contributed by atoms with Gasteiger partial charge < -0.3 is 10.0 Å². The summed E-state index contributed by atoms with van der Waals surface area (Å²) in [5, 5.41) is 13.4. The highest BCUT2D eigenvalue weighted by atomic mass is 32.1. The van der Waals surface area contributed by atoms with E-state index in [1.807, 2.05) is 12.1 Å². The van der Waals surface area contributed by atoms with Crippen LogP contribution in [0.5, 0.6) is 0 Å². The molecule has 39 heavy (non-hydrogen) atoms. The molecule has 3 heterocycles. The molecule has 1 saturated carbocycles. The number of rotatable bonds is 9. The van der Waals surface area contributed by atoms with Crippen LogP contribution in [-0.4, -0.2) is 64.6 Å². The molecule has 0 spiro atoms. The lowest BCUT2D eigenvalue weighted by Crippen LogP contribution is -2.43. The molecule has 3 atom stereocenters. The van der Waals surface area contributed by atoms with Crippen LogP contribution in [-0.2, 0) is 4.79 Å². The van der Waals surface area contributed by atoms with E-state index in [9.17, 15) is 14.3 Å². The van der Waals surface area contributed by atoms with Crippen molar-refractivity contribution in [2.75, 3.05) is 32.7 Å². The zero-order valence-corrected chi connectivity index (χ0v) is 23.2. The van der Waals surface area contributed by atoms with Crippen LogP contribution >= 0.6 is 11.3 Å². The molecule has 0 radical (unpaired) electrons. The molecule has 3 fully saturated rings. The Morgan fingerprint density at radius 1 is 1.05 bits per heavy atom. The van der Waals surface area contributed by atoms with E-state index < -0.39 is 12.0 Å². The Kier molecular flexibility index (Phi) is 8.09. The molecule has 0 amide bonds. The Morgan fingerprint density at radius 3 is 2.54 bits per heavy atom. The Labute approximate surface area is 234 Å². The van der Waals surface area contributed by atoms with Gasteiger partial charge >= 0.3 is 5.97 Å². The van der Waals surface area contributed by atoms with Gasteiger partial charge in [-0.3, -0.25) is 9.69 Å². The van der Waals surface area contributed by atoms with Crippen molar-refractivity contribution >= 4 is 17.3 Å². The highest BCUT2D eigenvalue weighted by molar-refractivity contribution is 7.13. The minimum absolute atomic E-state index is 0.147. The fourth-order valence-electron chi connectivity index (χ4n) is 6.84. The number of carboxylic acids is 1. The quantitative estimate of drug-likeness (QED) is 0.332. The van der Waals surface area contributed by atoms with E-state index in [1.54, 1.807) is 23.5 Å². The maximum Gasteiger partial charge on any atom is 0.320 e. The number of nitrogens with zero attached hydrogens (tertiary/aromatic N) is 3. The monoisotopic (exact) mass is 547 g/mol. The number of benzene rings is 2. The first kappa shape index (κ1) is 26.6. The van der Waals surface area contributed by atoms with Gasteiger partial charge in [0.25, 0.3) is 0 Å². The maximum atomic E-state index is 14.2. The molecule has 3 aliphatic rings. The summed E-state index contributed by atoms with van der Waals surface area (Å²) in [7, 11) is 0. The van der Waals surface area contributed by atoms with Crippen LogP contribution in [0, 0.1) is 17.7 Å². The number of carbonyl (C=O) groups is 1. The number of likely N-dealkylation sites (tertiary alicyclic amines) is 2. The molecular formula is C32H38FN3O2S. The summed E-state index contributed by atoms with van der Waals surface area (Å²) >= 11 is 1.73. The summed E-state index contributed by atoms with van der Waals surface area (Å²) in [6, 6.07) is 16.9. The van der Waals surface area contributed by atoms with Gasteiger partial charge in [0, 0.05) is 42.4 Å². The number of thiazole rings is 1. The molecule has 7 heteroatoms. The van der Waals surface area contributed by atoms with E-state index in [-0.39, 0.29) is 17.7 Å². The number of halogens is 1. The van der Waals surface area contributed by atoms with E-state index in [4.69, 9.17) is 4.98 Å². The lowest BCUT2D eigenvalue weighted by Gasteiger charge is -2.34. The molecular weight excluding hydrogens is 509 g/mol. The minimum atomic E-state index is -0.709. The Balaban J connectivity index is 1.12. The number of aromatic nitrogens is 1. The molecule has 6 rings (SSSR count). The smallest absolute Gasteiger partial charge is 0.320 e. The van der Waals surface area contributed by atoms with Gasteiger partial charge in [-0.2, -0.15) is 0 Å². The summed E-state index contributed by atoms with van der Waals surface area (Å²) in [4.78, 5) is 22.0. The lowest BCUT2D eigenvalue weighted by molar-refractivity contribution is -0.144. The average Bonchev–Trinajstić information content (AvgIpc) is 3.57. The summed E-state index contributed by atoms with van der Waals surface area (Å²) < 4.78 is 14.2. The van der Waals surface area contributed by atoms with Crippen LogP contribution < -0.4 is 0 Å². The fraction of sp³-hybridized carbons (Fsp3) is 0.500. The summed E-state index contributed by atoms with van der Waals surface area (Å²) in [6.07, 6.45) is 6.42. The van der Waals surface area contributed by atoms with Gasteiger partial charge in [0.2, 0.25) is 0 Å². The summed E-state index contributed by atoms with van der Waals surface area (Å²) in [6.45, 7) is 4.40. The second-order valence-corrected chi connectivity index (χ2v) is 12.6. The van der Waals surface area contributed by atoms with Gasteiger partial charge in [-0.25, -0.2) is 9.37 Å². The van der Waals surface area contributed by atoms with Crippen molar-refractivity contribution in [3.05, 3.63) is 77.1 Å². The third kappa shape index (κ3) is 6.11. The first-order chi connectivity index (χ1) is 19.0. The standard InChI is InChI=1S/C32H38FN3O2S/c33-27-11-5-10-25(17-27)28-20-36(30(32(37)38)16-22-6-4-7-22)19-26(28)18-35-14-12-23(13-15-35)29-21-39-31(34-29)24-8-2-1-3-9-24/h1-3,5,8-11,17,21-23,26,28,30H,4,6-7,12-16,18-20H2,(H,37,38). The van der Waals surface area contributed by atoms with E-state index in [0.29, 0.717) is 18.4 Å². The zero-order valence-electron chi connectivity index (χ0n) is 22.4. The van der Waals surface area contributed by atoms with Crippen molar-refractivity contribution in [2.24, 2.45) is 11.8 Å². The maximum absolute atomic E-state index is 14.2. The molecule has 0 bridgehead atoms. The molecule has 1 N–H and O–H groups in total. The molecule has 3 unspecified atom stereocenters. The number of aliphatic carboxylic acids is 1. The van der Waals surface area contributed by atoms with Crippen molar-refractivity contribution in [1.29, 1.82) is 0 Å². The van der Waals surface area contributed by atoms with Crippen LogP contribution in [0.2, 0.25) is 0 Å². The van der Waals surface area contributed by atoms with Gasteiger partial charge in [-0.15, -0.1) is 11.3 Å². The fourth-order valence-corrected chi connectivity index (χ4v) is 7.75. The van der Waals surface area contributed by atoms with Crippen molar-refractivity contribution in [3.63, 3.8) is 0 Å². The van der Waals surface area contributed by atoms with E-state index in [0.717, 1.165) is 68.9 Å². The van der Waals surface area contributed by atoms with Crippen LogP contribution in [0.3, 0.4) is 0 Å². The zero-order chi connectivity index (χ0) is 26.8. The number of carboxylic acid groups (broad SMARTS) is 1. The third-order valence-electron chi connectivity index (χ3n) is 9.29. The summed E-state index contributed by atoms with van der Waals surface area (Å²) in [5.74, 6) is 0.523. The highest BCUT2D eigenvalue weighted by Gasteiger charge is 2.41. The van der Waals surface area contributed by atoms with Crippen molar-refractivity contribution in [1.82, 2.24) is 14.8 Å². The Bertz CT molecular complexity index is 1260. The van der Waals surface area contributed by atoms with Gasteiger partial charge in [-0.1, -0.05) is 61.7 Å². The topological polar surface area (TPSA) is 56.7 Å². The van der Waals surface area contributed by atoms with Gasteiger partial charge in [-0.05, 0) is 61.9 Å². The van der Waals surface area contributed by atoms with Gasteiger partial charge in [0.15, 0.2) is 0 Å².